The Hall–Kier alpha value is -1.80. The standard InChI is InChI=1S/C19H28N2O5S/c1-3-21(15-7-5-4-6-8-15)19(22)14-20(2)27(23,24)16-9-10-17-18(13-16)26-12-11-25-17/h9-10,13,15H,3-8,11-12,14H2,1-2H3. The molecule has 1 aliphatic heterocycles. The van der Waals surface area contributed by atoms with Crippen LogP contribution >= 0.6 is 0 Å². The first-order chi connectivity index (χ1) is 12.9. The van der Waals surface area contributed by atoms with Crippen molar-refractivity contribution in [3.63, 3.8) is 0 Å². The zero-order valence-electron chi connectivity index (χ0n) is 16.0. The van der Waals surface area contributed by atoms with Gasteiger partial charge in [-0.3, -0.25) is 4.79 Å². The molecule has 1 fully saturated rings. The van der Waals surface area contributed by atoms with Crippen molar-refractivity contribution in [3.8, 4) is 11.5 Å². The van der Waals surface area contributed by atoms with E-state index in [1.54, 1.807) is 6.07 Å². The lowest BCUT2D eigenvalue weighted by Gasteiger charge is -2.34. The van der Waals surface area contributed by atoms with E-state index in [4.69, 9.17) is 9.47 Å². The summed E-state index contributed by atoms with van der Waals surface area (Å²) >= 11 is 0. The van der Waals surface area contributed by atoms with Gasteiger partial charge in [0.15, 0.2) is 11.5 Å². The lowest BCUT2D eigenvalue weighted by molar-refractivity contribution is -0.133. The van der Waals surface area contributed by atoms with Gasteiger partial charge >= 0.3 is 0 Å². The molecule has 1 aromatic rings. The second-order valence-electron chi connectivity index (χ2n) is 7.04. The Bertz CT molecular complexity index is 774. The summed E-state index contributed by atoms with van der Waals surface area (Å²) in [6, 6.07) is 4.77. The van der Waals surface area contributed by atoms with Crippen LogP contribution in [-0.4, -0.2) is 62.9 Å². The van der Waals surface area contributed by atoms with E-state index >= 15 is 0 Å². The summed E-state index contributed by atoms with van der Waals surface area (Å²) in [5.41, 5.74) is 0. The van der Waals surface area contributed by atoms with Gasteiger partial charge in [-0.2, -0.15) is 4.31 Å². The Morgan fingerprint density at radius 2 is 1.78 bits per heavy atom. The number of likely N-dealkylation sites (N-methyl/N-ethyl adjacent to an activating group) is 2. The van der Waals surface area contributed by atoms with Crippen molar-refractivity contribution in [1.29, 1.82) is 0 Å². The molecule has 0 spiro atoms. The van der Waals surface area contributed by atoms with Crippen molar-refractivity contribution < 1.29 is 22.7 Å². The zero-order chi connectivity index (χ0) is 19.4. The summed E-state index contributed by atoms with van der Waals surface area (Å²) in [5.74, 6) is 0.806. The molecule has 1 saturated carbocycles. The number of fused-ring (bicyclic) bond motifs is 1. The molecular weight excluding hydrogens is 368 g/mol. The van der Waals surface area contributed by atoms with Crippen LogP contribution in [0.15, 0.2) is 23.1 Å². The van der Waals surface area contributed by atoms with Gasteiger partial charge in [-0.25, -0.2) is 8.42 Å². The number of hydrogen-bond acceptors (Lipinski definition) is 5. The van der Waals surface area contributed by atoms with Crippen LogP contribution in [0.1, 0.15) is 39.0 Å². The highest BCUT2D eigenvalue weighted by Gasteiger charge is 2.29. The summed E-state index contributed by atoms with van der Waals surface area (Å²) in [6.07, 6.45) is 5.45. The Balaban J connectivity index is 1.71. The third kappa shape index (κ3) is 4.38. The van der Waals surface area contributed by atoms with Crippen molar-refractivity contribution in [2.45, 2.75) is 50.0 Å². The highest BCUT2D eigenvalue weighted by Crippen LogP contribution is 2.33. The Morgan fingerprint density at radius 1 is 1.11 bits per heavy atom. The van der Waals surface area contributed by atoms with E-state index in [0.29, 0.717) is 31.3 Å². The number of hydrogen-bond donors (Lipinski definition) is 0. The van der Waals surface area contributed by atoms with Crippen LogP contribution in [0.2, 0.25) is 0 Å². The quantitative estimate of drug-likeness (QED) is 0.737. The average Bonchev–Trinajstić information content (AvgIpc) is 2.69. The molecule has 0 radical (unpaired) electrons. The van der Waals surface area contributed by atoms with Crippen LogP contribution in [-0.2, 0) is 14.8 Å². The Labute approximate surface area is 161 Å². The maximum atomic E-state index is 12.9. The number of carbonyl (C=O) groups excluding carboxylic acids is 1. The first kappa shape index (κ1) is 19.9. The van der Waals surface area contributed by atoms with Gasteiger partial charge in [0.1, 0.15) is 13.2 Å². The molecule has 1 heterocycles. The molecule has 8 heteroatoms. The van der Waals surface area contributed by atoms with E-state index in [0.717, 1.165) is 30.0 Å². The third-order valence-electron chi connectivity index (χ3n) is 5.26. The highest BCUT2D eigenvalue weighted by molar-refractivity contribution is 7.89. The van der Waals surface area contributed by atoms with Crippen LogP contribution in [0, 0.1) is 0 Å². The first-order valence-electron chi connectivity index (χ1n) is 9.59. The van der Waals surface area contributed by atoms with E-state index in [-0.39, 0.29) is 23.4 Å². The second-order valence-corrected chi connectivity index (χ2v) is 9.08. The molecule has 3 rings (SSSR count). The number of carbonyl (C=O) groups is 1. The van der Waals surface area contributed by atoms with Gasteiger partial charge in [0.05, 0.1) is 11.4 Å². The minimum atomic E-state index is -3.79. The number of benzene rings is 1. The minimum Gasteiger partial charge on any atom is -0.486 e. The number of sulfonamides is 1. The third-order valence-corrected chi connectivity index (χ3v) is 7.06. The lowest BCUT2D eigenvalue weighted by Crippen LogP contribution is -2.46. The zero-order valence-corrected chi connectivity index (χ0v) is 16.8. The van der Waals surface area contributed by atoms with Crippen molar-refractivity contribution in [1.82, 2.24) is 9.21 Å². The summed E-state index contributed by atoms with van der Waals surface area (Å²) in [5, 5.41) is 0. The second kappa shape index (κ2) is 8.48. The van der Waals surface area contributed by atoms with Gasteiger partial charge in [-0.15, -0.1) is 0 Å². The predicted octanol–water partition coefficient (Wildman–Crippen LogP) is 2.26. The number of ether oxygens (including phenoxy) is 2. The van der Waals surface area contributed by atoms with E-state index in [2.05, 4.69) is 0 Å². The van der Waals surface area contributed by atoms with Gasteiger partial charge in [0.25, 0.3) is 0 Å². The van der Waals surface area contributed by atoms with Crippen LogP contribution in [0.3, 0.4) is 0 Å². The molecule has 27 heavy (non-hydrogen) atoms. The predicted molar refractivity (Wildman–Crippen MR) is 102 cm³/mol. The monoisotopic (exact) mass is 396 g/mol. The topological polar surface area (TPSA) is 76.2 Å². The van der Waals surface area contributed by atoms with Gasteiger partial charge in [0, 0.05) is 25.7 Å². The van der Waals surface area contributed by atoms with Crippen molar-refractivity contribution in [3.05, 3.63) is 18.2 Å². The van der Waals surface area contributed by atoms with E-state index in [9.17, 15) is 13.2 Å². The smallest absolute Gasteiger partial charge is 0.243 e. The van der Waals surface area contributed by atoms with Crippen molar-refractivity contribution >= 4 is 15.9 Å². The fourth-order valence-corrected chi connectivity index (χ4v) is 4.90. The highest BCUT2D eigenvalue weighted by atomic mass is 32.2. The van der Waals surface area contributed by atoms with Gasteiger partial charge < -0.3 is 14.4 Å². The number of amides is 1. The van der Waals surface area contributed by atoms with Gasteiger partial charge in [0.2, 0.25) is 15.9 Å². The van der Waals surface area contributed by atoms with E-state index in [1.165, 1.54) is 25.6 Å². The van der Waals surface area contributed by atoms with Crippen LogP contribution < -0.4 is 9.47 Å². The number of nitrogens with zero attached hydrogens (tertiary/aromatic N) is 2. The van der Waals surface area contributed by atoms with Gasteiger partial charge in [-0.1, -0.05) is 19.3 Å². The fraction of sp³-hybridized carbons (Fsp3) is 0.632. The van der Waals surface area contributed by atoms with Crippen molar-refractivity contribution in [2.24, 2.45) is 0 Å². The lowest BCUT2D eigenvalue weighted by atomic mass is 9.94. The van der Waals surface area contributed by atoms with E-state index in [1.807, 2.05) is 11.8 Å². The fourth-order valence-electron chi connectivity index (χ4n) is 3.76. The Kier molecular flexibility index (Phi) is 6.26. The van der Waals surface area contributed by atoms with Crippen LogP contribution in [0.4, 0.5) is 0 Å². The molecule has 7 nitrogen and oxygen atoms in total. The molecule has 0 N–H and O–H groups in total. The molecular formula is C19H28N2O5S. The summed E-state index contributed by atoms with van der Waals surface area (Å²) in [4.78, 5) is 14.7. The summed E-state index contributed by atoms with van der Waals surface area (Å²) in [7, 11) is -2.35. The molecule has 0 bridgehead atoms. The molecule has 0 atom stereocenters. The summed E-state index contributed by atoms with van der Waals surface area (Å²) in [6.45, 7) is 3.21. The van der Waals surface area contributed by atoms with Crippen LogP contribution in [0.25, 0.3) is 0 Å². The first-order valence-corrected chi connectivity index (χ1v) is 11.0. The van der Waals surface area contributed by atoms with E-state index < -0.39 is 10.0 Å². The van der Waals surface area contributed by atoms with Gasteiger partial charge in [-0.05, 0) is 31.9 Å². The van der Waals surface area contributed by atoms with Crippen molar-refractivity contribution in [2.75, 3.05) is 33.4 Å². The van der Waals surface area contributed by atoms with Crippen LogP contribution in [0.5, 0.6) is 11.5 Å². The molecule has 0 unspecified atom stereocenters. The molecule has 2 aliphatic rings. The molecule has 1 aromatic carbocycles. The maximum Gasteiger partial charge on any atom is 0.243 e. The Morgan fingerprint density at radius 3 is 2.44 bits per heavy atom. The normalized spacial score (nSPS) is 17.7. The molecule has 150 valence electrons. The SMILES string of the molecule is CCN(C(=O)CN(C)S(=O)(=O)c1ccc2c(c1)OCCO2)C1CCCCC1. The largest absolute Gasteiger partial charge is 0.486 e. The molecule has 1 amide bonds. The molecule has 0 saturated heterocycles. The molecule has 1 aliphatic carbocycles. The maximum absolute atomic E-state index is 12.9. The molecule has 0 aromatic heterocycles. The average molecular weight is 397 g/mol. The number of rotatable bonds is 6. The minimum absolute atomic E-state index is 0.0998. The summed E-state index contributed by atoms with van der Waals surface area (Å²) < 4.78 is 37.8.